The van der Waals surface area contributed by atoms with Crippen LogP contribution in [0.2, 0.25) is 0 Å². The molecule has 0 unspecified atom stereocenters. The Balaban J connectivity index is 1.38. The van der Waals surface area contributed by atoms with Crippen molar-refractivity contribution in [3.05, 3.63) is 59.7 Å². The molecule has 1 aliphatic carbocycles. The van der Waals surface area contributed by atoms with E-state index in [4.69, 9.17) is 4.74 Å². The Kier molecular flexibility index (Phi) is 4.32. The highest BCUT2D eigenvalue weighted by Gasteiger charge is 2.50. The summed E-state index contributed by atoms with van der Waals surface area (Å²) in [4.78, 5) is 26.5. The van der Waals surface area contributed by atoms with Crippen molar-refractivity contribution in [3.63, 3.8) is 0 Å². The van der Waals surface area contributed by atoms with E-state index in [1.54, 1.807) is 18.2 Å². The van der Waals surface area contributed by atoms with Crippen LogP contribution >= 0.6 is 0 Å². The molecule has 0 spiro atoms. The summed E-state index contributed by atoms with van der Waals surface area (Å²) >= 11 is 0. The Morgan fingerprint density at radius 1 is 1.17 bits per heavy atom. The van der Waals surface area contributed by atoms with Crippen LogP contribution in [0.5, 0.6) is 5.75 Å². The standard InChI is InChI=1S/C23H24N2O4/c26-21-14-29-20-11-15(8-9-19(20)24-21)22(27)25-12-16-5-4-10-23(28,18(16)13-25)17-6-2-1-3-7-17/h1-3,6-9,11,16,18,28H,4-5,10,12-14H2,(H,24,26)/t16-,18+,23+/m1/s1. The van der Waals surface area contributed by atoms with Gasteiger partial charge in [-0.3, -0.25) is 9.59 Å². The molecule has 150 valence electrons. The molecule has 3 aliphatic rings. The molecule has 3 atom stereocenters. The van der Waals surface area contributed by atoms with E-state index in [1.807, 2.05) is 35.2 Å². The maximum atomic E-state index is 13.2. The smallest absolute Gasteiger partial charge is 0.262 e. The summed E-state index contributed by atoms with van der Waals surface area (Å²) in [6, 6.07) is 15.0. The third-order valence-corrected chi connectivity index (χ3v) is 6.61. The van der Waals surface area contributed by atoms with Crippen LogP contribution < -0.4 is 10.1 Å². The van der Waals surface area contributed by atoms with Gasteiger partial charge in [-0.05, 0) is 48.9 Å². The molecule has 2 aliphatic heterocycles. The molecule has 6 heteroatoms. The molecule has 5 rings (SSSR count). The fourth-order valence-electron chi connectivity index (χ4n) is 5.17. The first-order valence-corrected chi connectivity index (χ1v) is 10.2. The van der Waals surface area contributed by atoms with Crippen molar-refractivity contribution in [3.8, 4) is 5.75 Å². The quantitative estimate of drug-likeness (QED) is 0.824. The van der Waals surface area contributed by atoms with Gasteiger partial charge < -0.3 is 20.1 Å². The van der Waals surface area contributed by atoms with E-state index in [9.17, 15) is 14.7 Å². The molecule has 1 saturated carbocycles. The molecule has 2 heterocycles. The third-order valence-electron chi connectivity index (χ3n) is 6.61. The molecule has 6 nitrogen and oxygen atoms in total. The highest BCUT2D eigenvalue weighted by Crippen LogP contribution is 2.48. The van der Waals surface area contributed by atoms with Gasteiger partial charge in [0.25, 0.3) is 11.8 Å². The molecule has 2 aromatic carbocycles. The summed E-state index contributed by atoms with van der Waals surface area (Å²) in [6.45, 7) is 1.17. The van der Waals surface area contributed by atoms with Crippen LogP contribution in [0.3, 0.4) is 0 Å². The number of anilines is 1. The van der Waals surface area contributed by atoms with Crippen molar-refractivity contribution in [2.75, 3.05) is 25.0 Å². The molecule has 2 aromatic rings. The summed E-state index contributed by atoms with van der Waals surface area (Å²) in [5.74, 6) is 0.605. The number of rotatable bonds is 2. The lowest BCUT2D eigenvalue weighted by atomic mass is 9.67. The zero-order chi connectivity index (χ0) is 20.0. The van der Waals surface area contributed by atoms with Crippen LogP contribution in [-0.4, -0.2) is 41.5 Å². The zero-order valence-electron chi connectivity index (χ0n) is 16.1. The summed E-state index contributed by atoms with van der Waals surface area (Å²) in [7, 11) is 0. The number of fused-ring (bicyclic) bond motifs is 2. The first-order valence-electron chi connectivity index (χ1n) is 10.2. The van der Waals surface area contributed by atoms with Gasteiger partial charge in [0.2, 0.25) is 0 Å². The number of ether oxygens (including phenoxy) is 1. The zero-order valence-corrected chi connectivity index (χ0v) is 16.1. The first-order chi connectivity index (χ1) is 14.0. The van der Waals surface area contributed by atoms with E-state index in [1.165, 1.54) is 0 Å². The van der Waals surface area contributed by atoms with Crippen LogP contribution in [0, 0.1) is 11.8 Å². The number of nitrogens with one attached hydrogen (secondary N) is 1. The topological polar surface area (TPSA) is 78.9 Å². The number of carbonyl (C=O) groups is 2. The molecule has 29 heavy (non-hydrogen) atoms. The normalized spacial score (nSPS) is 28.2. The molecule has 0 radical (unpaired) electrons. The largest absolute Gasteiger partial charge is 0.482 e. The molecule has 0 bridgehead atoms. The fourth-order valence-corrected chi connectivity index (χ4v) is 5.17. The van der Waals surface area contributed by atoms with Gasteiger partial charge in [-0.15, -0.1) is 0 Å². The number of nitrogens with zero attached hydrogens (tertiary/aromatic N) is 1. The predicted molar refractivity (Wildman–Crippen MR) is 108 cm³/mol. The summed E-state index contributed by atoms with van der Waals surface area (Å²) in [5, 5.41) is 14.3. The Morgan fingerprint density at radius 2 is 2.00 bits per heavy atom. The maximum Gasteiger partial charge on any atom is 0.262 e. The van der Waals surface area contributed by atoms with Crippen molar-refractivity contribution < 1.29 is 19.4 Å². The second-order valence-electron chi connectivity index (χ2n) is 8.31. The average molecular weight is 392 g/mol. The van der Waals surface area contributed by atoms with Crippen molar-refractivity contribution in [1.82, 2.24) is 4.90 Å². The number of hydrogen-bond acceptors (Lipinski definition) is 4. The van der Waals surface area contributed by atoms with Crippen LogP contribution in [0.1, 0.15) is 35.2 Å². The van der Waals surface area contributed by atoms with Gasteiger partial charge in [0, 0.05) is 24.6 Å². The van der Waals surface area contributed by atoms with Gasteiger partial charge in [-0.2, -0.15) is 0 Å². The van der Waals surface area contributed by atoms with E-state index in [0.29, 0.717) is 36.0 Å². The molecule has 1 saturated heterocycles. The number of likely N-dealkylation sites (tertiary alicyclic amines) is 1. The lowest BCUT2D eigenvalue weighted by Crippen LogP contribution is -2.42. The van der Waals surface area contributed by atoms with Crippen LogP contribution in [0.4, 0.5) is 5.69 Å². The third kappa shape index (κ3) is 3.08. The number of benzene rings is 2. The minimum absolute atomic E-state index is 0.0377. The number of aliphatic hydroxyl groups is 1. The number of hydrogen-bond donors (Lipinski definition) is 2. The van der Waals surface area contributed by atoms with Crippen molar-refractivity contribution in [2.24, 2.45) is 11.8 Å². The van der Waals surface area contributed by atoms with Gasteiger partial charge in [0.1, 0.15) is 5.75 Å². The maximum absolute atomic E-state index is 13.2. The predicted octanol–water partition coefficient (Wildman–Crippen LogP) is 2.78. The Hall–Kier alpha value is -2.86. The van der Waals surface area contributed by atoms with Crippen LogP contribution in [0.25, 0.3) is 0 Å². The first kappa shape index (κ1) is 18.2. The van der Waals surface area contributed by atoms with Gasteiger partial charge in [0.05, 0.1) is 11.3 Å². The van der Waals surface area contributed by atoms with Crippen LogP contribution in [0.15, 0.2) is 48.5 Å². The van der Waals surface area contributed by atoms with E-state index in [-0.39, 0.29) is 24.3 Å². The molecule has 2 N–H and O–H groups in total. The Labute approximate surface area is 169 Å². The average Bonchev–Trinajstić information content (AvgIpc) is 3.19. The van der Waals surface area contributed by atoms with E-state index in [0.717, 1.165) is 24.8 Å². The highest BCUT2D eigenvalue weighted by atomic mass is 16.5. The molecule has 0 aromatic heterocycles. The van der Waals surface area contributed by atoms with Crippen molar-refractivity contribution in [2.45, 2.75) is 24.9 Å². The molecule has 2 amide bonds. The lowest BCUT2D eigenvalue weighted by Gasteiger charge is -2.41. The monoisotopic (exact) mass is 392 g/mol. The molecule has 2 fully saturated rings. The summed E-state index contributed by atoms with van der Waals surface area (Å²) in [6.07, 6.45) is 2.72. The summed E-state index contributed by atoms with van der Waals surface area (Å²) < 4.78 is 5.45. The van der Waals surface area contributed by atoms with Gasteiger partial charge in [-0.25, -0.2) is 0 Å². The van der Waals surface area contributed by atoms with E-state index >= 15 is 0 Å². The Bertz CT molecular complexity index is 961. The fraction of sp³-hybridized carbons (Fsp3) is 0.391. The molecular weight excluding hydrogens is 368 g/mol. The summed E-state index contributed by atoms with van der Waals surface area (Å²) in [5.41, 5.74) is 1.19. The Morgan fingerprint density at radius 3 is 2.83 bits per heavy atom. The minimum Gasteiger partial charge on any atom is -0.482 e. The SMILES string of the molecule is O=C1COc2cc(C(=O)N3C[C@H]4CCC[C@](O)(c5ccccc5)[C@H]4C3)ccc2N1. The van der Waals surface area contributed by atoms with Gasteiger partial charge in [0.15, 0.2) is 6.61 Å². The van der Waals surface area contributed by atoms with E-state index < -0.39 is 5.60 Å². The lowest BCUT2D eigenvalue weighted by molar-refractivity contribution is -0.118. The number of amides is 2. The van der Waals surface area contributed by atoms with Crippen molar-refractivity contribution >= 4 is 17.5 Å². The minimum atomic E-state index is -0.886. The number of carbonyl (C=O) groups excluding carboxylic acids is 2. The van der Waals surface area contributed by atoms with Gasteiger partial charge in [-0.1, -0.05) is 30.3 Å². The van der Waals surface area contributed by atoms with Crippen LogP contribution in [-0.2, 0) is 10.4 Å². The van der Waals surface area contributed by atoms with Crippen molar-refractivity contribution in [1.29, 1.82) is 0 Å². The second kappa shape index (κ2) is 6.88. The highest BCUT2D eigenvalue weighted by molar-refractivity contribution is 5.99. The molecular formula is C23H24N2O4. The second-order valence-corrected chi connectivity index (χ2v) is 8.31. The van der Waals surface area contributed by atoms with Gasteiger partial charge >= 0.3 is 0 Å². The van der Waals surface area contributed by atoms with E-state index in [2.05, 4.69) is 5.32 Å².